The lowest BCUT2D eigenvalue weighted by Gasteiger charge is -2.39. The number of carbonyl (C=O) groups excluding carboxylic acids is 1. The third-order valence-electron chi connectivity index (χ3n) is 6.56. The number of hydrogen-bond acceptors (Lipinski definition) is 6. The molecule has 172 valence electrons. The van der Waals surface area contributed by atoms with Crippen molar-refractivity contribution >= 4 is 29.0 Å². The van der Waals surface area contributed by atoms with Crippen molar-refractivity contribution in [2.75, 3.05) is 26.3 Å². The van der Waals surface area contributed by atoms with E-state index < -0.39 is 11.0 Å². The van der Waals surface area contributed by atoms with Gasteiger partial charge in [0.25, 0.3) is 11.3 Å². The van der Waals surface area contributed by atoms with Gasteiger partial charge in [-0.1, -0.05) is 6.08 Å². The number of carbonyl (C=O) groups is 1. The molecule has 0 aromatic carbocycles. The summed E-state index contributed by atoms with van der Waals surface area (Å²) < 4.78 is 12.3. The van der Waals surface area contributed by atoms with Crippen LogP contribution in [-0.2, 0) is 14.9 Å². The number of aromatic amines is 1. The van der Waals surface area contributed by atoms with Crippen molar-refractivity contribution in [1.82, 2.24) is 24.5 Å². The van der Waals surface area contributed by atoms with E-state index in [-0.39, 0.29) is 17.0 Å². The highest BCUT2D eigenvalue weighted by molar-refractivity contribution is 6.21. The predicted molar refractivity (Wildman–Crippen MR) is 119 cm³/mol. The van der Waals surface area contributed by atoms with Gasteiger partial charge in [-0.2, -0.15) is 9.50 Å². The number of rotatable bonds is 1. The average molecular weight is 462 g/mol. The molecule has 10 heteroatoms. The molecule has 1 fully saturated rings. The zero-order valence-electron chi connectivity index (χ0n) is 18.6. The normalized spacial score (nSPS) is 22.8. The van der Waals surface area contributed by atoms with Crippen LogP contribution >= 0.6 is 11.6 Å². The number of ether oxygens (including phenoxy) is 2. The van der Waals surface area contributed by atoms with Crippen LogP contribution in [0.5, 0.6) is 0 Å². The number of aromatic nitrogens is 4. The summed E-state index contributed by atoms with van der Waals surface area (Å²) in [5, 5.41) is 2.78. The van der Waals surface area contributed by atoms with Crippen molar-refractivity contribution in [3.05, 3.63) is 33.5 Å². The first kappa shape index (κ1) is 21.5. The second-order valence-electron chi connectivity index (χ2n) is 9.86. The summed E-state index contributed by atoms with van der Waals surface area (Å²) in [5.41, 5.74) is 1.22. The highest BCUT2D eigenvalue weighted by atomic mass is 35.5. The van der Waals surface area contributed by atoms with Crippen molar-refractivity contribution in [2.45, 2.75) is 62.8 Å². The summed E-state index contributed by atoms with van der Waals surface area (Å²) in [4.78, 5) is 37.0. The smallest absolute Gasteiger partial charge is 0.410 e. The van der Waals surface area contributed by atoms with Crippen LogP contribution in [0.1, 0.15) is 68.9 Å². The number of likely N-dealkylation sites (tertiary alicyclic amines) is 1. The maximum absolute atomic E-state index is 13.6. The van der Waals surface area contributed by atoms with Gasteiger partial charge in [0.2, 0.25) is 0 Å². The molecule has 1 amide bonds. The predicted octanol–water partition coefficient (Wildman–Crippen LogP) is 3.17. The molecule has 32 heavy (non-hydrogen) atoms. The number of H-pyrrole nitrogens is 1. The molecule has 5 rings (SSSR count). The molecule has 0 saturated carbocycles. The molecule has 4 heterocycles. The van der Waals surface area contributed by atoms with Crippen LogP contribution < -0.4 is 5.56 Å². The average Bonchev–Trinajstić information content (AvgIpc) is 3.28. The molecule has 2 aromatic rings. The molecule has 1 aliphatic carbocycles. The summed E-state index contributed by atoms with van der Waals surface area (Å²) in [5.74, 6) is 0.978. The Hall–Kier alpha value is -2.39. The van der Waals surface area contributed by atoms with Gasteiger partial charge < -0.3 is 14.4 Å². The van der Waals surface area contributed by atoms with Gasteiger partial charge in [-0.25, -0.2) is 9.78 Å². The van der Waals surface area contributed by atoms with E-state index in [1.165, 1.54) is 4.52 Å². The van der Waals surface area contributed by atoms with Crippen LogP contribution in [0.15, 0.2) is 10.9 Å². The highest BCUT2D eigenvalue weighted by Gasteiger charge is 2.49. The van der Waals surface area contributed by atoms with Crippen LogP contribution in [0, 0.1) is 0 Å². The maximum Gasteiger partial charge on any atom is 0.410 e. The third kappa shape index (κ3) is 3.61. The van der Waals surface area contributed by atoms with E-state index in [1.807, 2.05) is 26.8 Å². The zero-order chi connectivity index (χ0) is 22.7. The van der Waals surface area contributed by atoms with Gasteiger partial charge in [0.1, 0.15) is 5.60 Å². The molecule has 3 aliphatic rings. The minimum atomic E-state index is -0.542. The number of amides is 1. The Morgan fingerprint density at radius 2 is 2.06 bits per heavy atom. The Bertz CT molecular complexity index is 1150. The molecular formula is C22H28ClN5O4. The minimum absolute atomic E-state index is 0.148. The summed E-state index contributed by atoms with van der Waals surface area (Å²) in [7, 11) is 0. The fraction of sp³-hybridized carbons (Fsp3) is 0.636. The van der Waals surface area contributed by atoms with E-state index >= 15 is 0 Å². The molecular weight excluding hydrogens is 434 g/mol. The molecule has 1 saturated heterocycles. The number of hydrogen-bond donors (Lipinski definition) is 1. The standard InChI is InChI=1S/C22H28ClN5O4/c1-21(2,3)32-20(30)27-8-6-22(7-9-27)12-14(23)16-15(22)18(29)28-19(24-16)25-17(26-28)13-4-10-31-11-5-13/h4,14H,5-12H2,1-3H3,(H,24,25,26). The van der Waals surface area contributed by atoms with Crippen molar-refractivity contribution in [3.8, 4) is 0 Å². The minimum Gasteiger partial charge on any atom is -0.444 e. The first-order valence-electron chi connectivity index (χ1n) is 11.1. The van der Waals surface area contributed by atoms with Gasteiger partial charge in [0.05, 0.1) is 24.3 Å². The lowest BCUT2D eigenvalue weighted by molar-refractivity contribution is 0.0163. The Morgan fingerprint density at radius 1 is 1.31 bits per heavy atom. The second kappa shape index (κ2) is 7.59. The van der Waals surface area contributed by atoms with Crippen molar-refractivity contribution in [2.24, 2.45) is 0 Å². The van der Waals surface area contributed by atoms with Gasteiger partial charge in [-0.3, -0.25) is 9.89 Å². The fourth-order valence-corrected chi connectivity index (χ4v) is 5.44. The van der Waals surface area contributed by atoms with Crippen LogP contribution in [0.4, 0.5) is 4.79 Å². The first-order chi connectivity index (χ1) is 15.2. The zero-order valence-corrected chi connectivity index (χ0v) is 19.4. The quantitative estimate of drug-likeness (QED) is 0.654. The number of nitrogens with one attached hydrogen (secondary N) is 1. The maximum atomic E-state index is 13.6. The van der Waals surface area contributed by atoms with Crippen molar-refractivity contribution < 1.29 is 14.3 Å². The third-order valence-corrected chi connectivity index (χ3v) is 6.92. The topological polar surface area (TPSA) is 102 Å². The van der Waals surface area contributed by atoms with Gasteiger partial charge in [-0.15, -0.1) is 11.6 Å². The molecule has 9 nitrogen and oxygen atoms in total. The van der Waals surface area contributed by atoms with E-state index in [9.17, 15) is 9.59 Å². The Balaban J connectivity index is 1.47. The van der Waals surface area contributed by atoms with E-state index in [4.69, 9.17) is 26.1 Å². The lowest BCUT2D eigenvalue weighted by atomic mass is 9.74. The molecule has 2 aliphatic heterocycles. The molecule has 1 atom stereocenters. The van der Waals surface area contributed by atoms with Crippen LogP contribution in [0.25, 0.3) is 11.4 Å². The molecule has 1 spiro atoms. The number of nitrogens with zero attached hydrogens (tertiary/aromatic N) is 4. The molecule has 0 radical (unpaired) electrons. The summed E-state index contributed by atoms with van der Waals surface area (Å²) in [6.45, 7) is 7.76. The molecule has 2 aromatic heterocycles. The highest BCUT2D eigenvalue weighted by Crippen LogP contribution is 2.51. The number of piperidine rings is 1. The Labute approximate surface area is 190 Å². The van der Waals surface area contributed by atoms with Gasteiger partial charge in [0, 0.05) is 24.1 Å². The van der Waals surface area contributed by atoms with Gasteiger partial charge in [0.15, 0.2) is 5.82 Å². The van der Waals surface area contributed by atoms with Crippen molar-refractivity contribution in [1.29, 1.82) is 0 Å². The number of halogens is 1. The van der Waals surface area contributed by atoms with E-state index in [1.54, 1.807) is 4.90 Å². The fourth-order valence-electron chi connectivity index (χ4n) is 4.98. The van der Waals surface area contributed by atoms with E-state index in [0.29, 0.717) is 68.4 Å². The summed E-state index contributed by atoms with van der Waals surface area (Å²) >= 11 is 6.70. The van der Waals surface area contributed by atoms with Crippen LogP contribution in [0.2, 0.25) is 0 Å². The summed E-state index contributed by atoms with van der Waals surface area (Å²) in [6, 6.07) is 0. The monoisotopic (exact) mass is 461 g/mol. The SMILES string of the molecule is CC(C)(C)OC(=O)N1CCC2(CC1)CC(Cl)c1nc3nc(C4=CCOCC4)[nH]n3c(=O)c12. The Kier molecular flexibility index (Phi) is 5.09. The number of alkyl halides is 1. The van der Waals surface area contributed by atoms with Gasteiger partial charge >= 0.3 is 6.09 Å². The van der Waals surface area contributed by atoms with Crippen molar-refractivity contribution in [3.63, 3.8) is 0 Å². The van der Waals surface area contributed by atoms with Crippen LogP contribution in [-0.4, -0.2) is 62.5 Å². The molecule has 1 unspecified atom stereocenters. The second-order valence-corrected chi connectivity index (χ2v) is 10.4. The first-order valence-corrected chi connectivity index (χ1v) is 11.5. The van der Waals surface area contributed by atoms with E-state index in [2.05, 4.69) is 10.1 Å². The Morgan fingerprint density at radius 3 is 2.72 bits per heavy atom. The lowest BCUT2D eigenvalue weighted by Crippen LogP contribution is -2.47. The molecule has 1 N–H and O–H groups in total. The molecule has 0 bridgehead atoms. The largest absolute Gasteiger partial charge is 0.444 e. The summed E-state index contributed by atoms with van der Waals surface area (Å²) in [6.07, 6.45) is 4.32. The van der Waals surface area contributed by atoms with Crippen LogP contribution in [0.3, 0.4) is 0 Å². The van der Waals surface area contributed by atoms with Gasteiger partial charge in [-0.05, 0) is 52.0 Å². The number of fused-ring (bicyclic) bond motifs is 3. The van der Waals surface area contributed by atoms with E-state index in [0.717, 1.165) is 12.0 Å².